The van der Waals surface area contributed by atoms with Crippen molar-refractivity contribution in [3.05, 3.63) is 58.9 Å². The first kappa shape index (κ1) is 14.0. The molecule has 0 heterocycles. The Morgan fingerprint density at radius 1 is 1.20 bits per heavy atom. The second-order valence-electron chi connectivity index (χ2n) is 4.58. The monoisotopic (exact) mass is 271 g/mol. The van der Waals surface area contributed by atoms with Crippen LogP contribution < -0.4 is 4.74 Å². The summed E-state index contributed by atoms with van der Waals surface area (Å²) in [5.41, 5.74) is 1.75. The predicted molar refractivity (Wildman–Crippen MR) is 73.0 cm³/mol. The van der Waals surface area contributed by atoms with Crippen molar-refractivity contribution in [2.24, 2.45) is 0 Å². The van der Waals surface area contributed by atoms with Gasteiger partial charge in [-0.1, -0.05) is 12.1 Å². The van der Waals surface area contributed by atoms with Crippen molar-refractivity contribution in [1.82, 2.24) is 0 Å². The Balaban J connectivity index is 2.46. The largest absolute Gasteiger partial charge is 0.454 e. The summed E-state index contributed by atoms with van der Waals surface area (Å²) in [7, 11) is 0. The van der Waals surface area contributed by atoms with Gasteiger partial charge < -0.3 is 9.84 Å². The maximum atomic E-state index is 13.7. The summed E-state index contributed by atoms with van der Waals surface area (Å²) in [6.07, 6.45) is -0.773. The molecule has 0 aliphatic rings. The second kappa shape index (κ2) is 5.72. The van der Waals surface area contributed by atoms with Crippen LogP contribution in [-0.4, -0.2) is 5.11 Å². The van der Waals surface area contributed by atoms with Crippen LogP contribution in [0.4, 0.5) is 4.39 Å². The molecule has 0 aromatic heterocycles. The van der Waals surface area contributed by atoms with Gasteiger partial charge in [-0.25, -0.2) is 4.39 Å². The predicted octanol–water partition coefficient (Wildman–Crippen LogP) is 3.85. The van der Waals surface area contributed by atoms with Gasteiger partial charge in [0.1, 0.15) is 5.75 Å². The number of ether oxygens (including phenoxy) is 1. The van der Waals surface area contributed by atoms with Crippen molar-refractivity contribution in [2.45, 2.75) is 20.0 Å². The number of aliphatic hydroxyl groups excluding tert-OH is 1. The highest BCUT2D eigenvalue weighted by molar-refractivity contribution is 5.46. The lowest BCUT2D eigenvalue weighted by molar-refractivity contribution is 0.195. The lowest BCUT2D eigenvalue weighted by Crippen LogP contribution is -1.98. The highest BCUT2D eigenvalue weighted by atomic mass is 19.1. The molecule has 2 aromatic carbocycles. The number of hydrogen-bond acceptors (Lipinski definition) is 3. The number of hydrogen-bond donors (Lipinski definition) is 1. The normalized spacial score (nSPS) is 11.8. The minimum atomic E-state index is -0.773. The molecule has 0 radical (unpaired) electrons. The Morgan fingerprint density at radius 3 is 2.60 bits per heavy atom. The van der Waals surface area contributed by atoms with E-state index in [2.05, 4.69) is 0 Å². The smallest absolute Gasteiger partial charge is 0.165 e. The third-order valence-electron chi connectivity index (χ3n) is 2.90. The van der Waals surface area contributed by atoms with Crippen LogP contribution in [0, 0.1) is 24.1 Å². The standard InChI is InChI=1S/C16H14FNO2/c1-10-3-6-14(17)16(7-10)20-15-8-12(9-18)4-5-13(15)11(2)19/h3-8,11,19H,1-2H3/t11-/m1/s1. The molecule has 0 aliphatic heterocycles. The van der Waals surface area contributed by atoms with E-state index in [4.69, 9.17) is 10.00 Å². The van der Waals surface area contributed by atoms with Crippen LogP contribution in [0.5, 0.6) is 11.5 Å². The molecule has 0 fully saturated rings. The van der Waals surface area contributed by atoms with Crippen molar-refractivity contribution < 1.29 is 14.2 Å². The van der Waals surface area contributed by atoms with E-state index >= 15 is 0 Å². The molecule has 1 atom stereocenters. The number of benzene rings is 2. The van der Waals surface area contributed by atoms with Gasteiger partial charge in [0, 0.05) is 5.56 Å². The van der Waals surface area contributed by atoms with Crippen LogP contribution in [0.15, 0.2) is 36.4 Å². The lowest BCUT2D eigenvalue weighted by atomic mass is 10.1. The second-order valence-corrected chi connectivity index (χ2v) is 4.58. The SMILES string of the molecule is Cc1ccc(F)c(Oc2cc(C#N)ccc2[C@@H](C)O)c1. The number of aliphatic hydroxyl groups is 1. The first-order chi connectivity index (χ1) is 9.51. The molecule has 0 saturated carbocycles. The van der Waals surface area contributed by atoms with Gasteiger partial charge in [-0.3, -0.25) is 0 Å². The van der Waals surface area contributed by atoms with Gasteiger partial charge in [-0.2, -0.15) is 5.26 Å². The van der Waals surface area contributed by atoms with Crippen LogP contribution in [0.2, 0.25) is 0 Å². The molecular weight excluding hydrogens is 257 g/mol. The Kier molecular flexibility index (Phi) is 4.02. The minimum absolute atomic E-state index is 0.0713. The number of nitrogens with zero attached hydrogens (tertiary/aromatic N) is 1. The minimum Gasteiger partial charge on any atom is -0.454 e. The van der Waals surface area contributed by atoms with E-state index < -0.39 is 11.9 Å². The van der Waals surface area contributed by atoms with Gasteiger partial charge in [-0.15, -0.1) is 0 Å². The summed E-state index contributed by atoms with van der Waals surface area (Å²) in [6.45, 7) is 3.41. The maximum absolute atomic E-state index is 13.7. The van der Waals surface area contributed by atoms with E-state index in [1.807, 2.05) is 13.0 Å². The summed E-state index contributed by atoms with van der Waals surface area (Å²) in [4.78, 5) is 0. The summed E-state index contributed by atoms with van der Waals surface area (Å²) in [5, 5.41) is 18.6. The Bertz CT molecular complexity index is 675. The molecular formula is C16H14FNO2. The maximum Gasteiger partial charge on any atom is 0.165 e. The molecule has 1 N–H and O–H groups in total. The Labute approximate surface area is 116 Å². The zero-order valence-corrected chi connectivity index (χ0v) is 11.2. The van der Waals surface area contributed by atoms with Crippen LogP contribution in [0.25, 0.3) is 0 Å². The van der Waals surface area contributed by atoms with Gasteiger partial charge in [0.25, 0.3) is 0 Å². The van der Waals surface area contributed by atoms with E-state index in [0.29, 0.717) is 11.1 Å². The van der Waals surface area contributed by atoms with Crippen molar-refractivity contribution >= 4 is 0 Å². The van der Waals surface area contributed by atoms with Gasteiger partial charge >= 0.3 is 0 Å². The van der Waals surface area contributed by atoms with Crippen molar-refractivity contribution in [3.8, 4) is 17.6 Å². The fraction of sp³-hybridized carbons (Fsp3) is 0.188. The molecule has 0 amide bonds. The van der Waals surface area contributed by atoms with Crippen LogP contribution in [0.1, 0.15) is 29.7 Å². The molecule has 0 saturated heterocycles. The first-order valence-corrected chi connectivity index (χ1v) is 6.17. The summed E-state index contributed by atoms with van der Waals surface area (Å²) < 4.78 is 19.3. The molecule has 2 rings (SSSR count). The van der Waals surface area contributed by atoms with Crippen molar-refractivity contribution in [2.75, 3.05) is 0 Å². The molecule has 0 spiro atoms. The van der Waals surface area contributed by atoms with Crippen LogP contribution in [0.3, 0.4) is 0 Å². The third-order valence-corrected chi connectivity index (χ3v) is 2.90. The van der Waals surface area contributed by atoms with Gasteiger partial charge in [0.2, 0.25) is 0 Å². The van der Waals surface area contributed by atoms with E-state index in [9.17, 15) is 9.50 Å². The van der Waals surface area contributed by atoms with Crippen molar-refractivity contribution in [1.29, 1.82) is 5.26 Å². The zero-order valence-electron chi connectivity index (χ0n) is 11.2. The zero-order chi connectivity index (χ0) is 14.7. The quantitative estimate of drug-likeness (QED) is 0.922. The van der Waals surface area contributed by atoms with E-state index in [0.717, 1.165) is 5.56 Å². The Hall–Kier alpha value is -2.38. The fourth-order valence-corrected chi connectivity index (χ4v) is 1.84. The summed E-state index contributed by atoms with van der Waals surface area (Å²) in [5.74, 6) is -0.139. The highest BCUT2D eigenvalue weighted by Gasteiger charge is 2.13. The number of halogens is 1. The van der Waals surface area contributed by atoms with Crippen LogP contribution >= 0.6 is 0 Å². The number of aryl methyl sites for hydroxylation is 1. The molecule has 0 bridgehead atoms. The fourth-order valence-electron chi connectivity index (χ4n) is 1.84. The van der Waals surface area contributed by atoms with Crippen LogP contribution in [-0.2, 0) is 0 Å². The summed E-state index contributed by atoms with van der Waals surface area (Å²) in [6, 6.07) is 11.2. The molecule has 102 valence electrons. The van der Waals surface area contributed by atoms with Gasteiger partial charge in [0.05, 0.1) is 17.7 Å². The van der Waals surface area contributed by atoms with E-state index in [1.54, 1.807) is 31.2 Å². The first-order valence-electron chi connectivity index (χ1n) is 6.17. The van der Waals surface area contributed by atoms with Gasteiger partial charge in [0.15, 0.2) is 11.6 Å². The Morgan fingerprint density at radius 2 is 1.95 bits per heavy atom. The van der Waals surface area contributed by atoms with E-state index in [1.165, 1.54) is 12.1 Å². The lowest BCUT2D eigenvalue weighted by Gasteiger charge is -2.14. The van der Waals surface area contributed by atoms with E-state index in [-0.39, 0.29) is 11.5 Å². The molecule has 3 nitrogen and oxygen atoms in total. The third kappa shape index (κ3) is 2.95. The molecule has 0 unspecified atom stereocenters. The average molecular weight is 271 g/mol. The average Bonchev–Trinajstić information content (AvgIpc) is 2.42. The molecule has 4 heteroatoms. The highest BCUT2D eigenvalue weighted by Crippen LogP contribution is 2.32. The van der Waals surface area contributed by atoms with Crippen molar-refractivity contribution in [3.63, 3.8) is 0 Å². The number of nitriles is 1. The van der Waals surface area contributed by atoms with Gasteiger partial charge in [-0.05, 0) is 43.7 Å². The molecule has 2 aromatic rings. The molecule has 0 aliphatic carbocycles. The summed E-state index contributed by atoms with van der Waals surface area (Å²) >= 11 is 0. The number of rotatable bonds is 3. The topological polar surface area (TPSA) is 53.2 Å². The molecule has 20 heavy (non-hydrogen) atoms.